The lowest BCUT2D eigenvalue weighted by atomic mass is 10.0. The molecule has 0 bridgehead atoms. The van der Waals surface area contributed by atoms with E-state index >= 15 is 0 Å². The summed E-state index contributed by atoms with van der Waals surface area (Å²) < 4.78 is 15.1. The van der Waals surface area contributed by atoms with Gasteiger partial charge in [-0.1, -0.05) is 296 Å². The molecule has 0 atom stereocenters. The Kier molecular flexibility index (Phi) is 19.5. The van der Waals surface area contributed by atoms with E-state index in [-0.39, 0.29) is 0 Å². The SMILES string of the molecule is Cc1ccc([Si](c2ccccc2)(c2ccccc2)c2ccc(C)cc2)cc1.Cc1ccc2c(c1)c1ccc(-c3ccc4c(c3)c3ccc(C)cc3n4-c3ccccc3)cc1n2-c1ccccc1.Cc1ccc2c(c1)sc1c2ccc2c1c1ccc(C)cc1n2-c1ccccc1.Cc1ccc2c3c4c(ccc3n(-c3ccccc3)c2c1)sc1c(C)cccc14. The molecule has 0 saturated heterocycles. The van der Waals surface area contributed by atoms with Gasteiger partial charge in [0.15, 0.2) is 8.07 Å². The third-order valence-electron chi connectivity index (χ3n) is 25.0. The Morgan fingerprint density at radius 3 is 1.07 bits per heavy atom. The summed E-state index contributed by atoms with van der Waals surface area (Å²) in [4.78, 5) is 0. The van der Waals surface area contributed by atoms with Gasteiger partial charge in [-0.05, 0) is 236 Å². The van der Waals surface area contributed by atoms with Crippen LogP contribution in [0.1, 0.15) is 44.5 Å². The zero-order valence-electron chi connectivity index (χ0n) is 70.2. The van der Waals surface area contributed by atoms with Crippen molar-refractivity contribution in [2.24, 2.45) is 0 Å². The molecule has 123 heavy (non-hydrogen) atoms. The summed E-state index contributed by atoms with van der Waals surface area (Å²) in [5, 5.41) is 21.7. The van der Waals surface area contributed by atoms with E-state index in [4.69, 9.17) is 0 Å². The van der Waals surface area contributed by atoms with Gasteiger partial charge in [-0.15, -0.1) is 22.7 Å². The number of fused-ring (bicyclic) bond motifs is 20. The summed E-state index contributed by atoms with van der Waals surface area (Å²) in [7, 11) is -2.35. The molecule has 590 valence electrons. The van der Waals surface area contributed by atoms with Gasteiger partial charge in [0.1, 0.15) is 0 Å². The minimum Gasteiger partial charge on any atom is -0.309 e. The van der Waals surface area contributed by atoms with Crippen LogP contribution in [0.15, 0.2) is 400 Å². The molecule has 0 saturated carbocycles. The number of para-hydroxylation sites is 4. The van der Waals surface area contributed by atoms with E-state index < -0.39 is 8.07 Å². The van der Waals surface area contributed by atoms with Crippen LogP contribution in [0.2, 0.25) is 0 Å². The molecule has 0 fully saturated rings. The van der Waals surface area contributed by atoms with Gasteiger partial charge >= 0.3 is 0 Å². The van der Waals surface area contributed by atoms with E-state index in [2.05, 4.69) is 474 Å². The van der Waals surface area contributed by atoms with Crippen LogP contribution in [0.4, 0.5) is 0 Å². The monoisotopic (exact) mass is 1630 g/mol. The molecule has 6 aromatic heterocycles. The summed E-state index contributed by atoms with van der Waals surface area (Å²) in [5.41, 5.74) is 27.7. The van der Waals surface area contributed by atoms with E-state index in [1.807, 2.05) is 22.7 Å². The van der Waals surface area contributed by atoms with Crippen LogP contribution in [0.5, 0.6) is 0 Å². The minimum absolute atomic E-state index is 1.18. The van der Waals surface area contributed by atoms with Crippen molar-refractivity contribution in [2.45, 2.75) is 55.4 Å². The molecule has 24 rings (SSSR count). The molecule has 18 aromatic carbocycles. The van der Waals surface area contributed by atoms with Crippen molar-refractivity contribution < 1.29 is 0 Å². The average molecular weight is 1630 g/mol. The molecule has 0 unspecified atom stereocenters. The fourth-order valence-electron chi connectivity index (χ4n) is 19.2. The summed E-state index contributed by atoms with van der Waals surface area (Å²) in [6.45, 7) is 17.4. The minimum atomic E-state index is -2.35. The van der Waals surface area contributed by atoms with Crippen molar-refractivity contribution in [2.75, 3.05) is 0 Å². The third kappa shape index (κ3) is 13.3. The molecule has 7 heteroatoms. The Bertz CT molecular complexity index is 8070. The fraction of sp³-hybridized carbons (Fsp3) is 0.0690. The number of thiophene rings is 2. The summed E-state index contributed by atoms with van der Waals surface area (Å²) in [6, 6.07) is 147. The van der Waals surface area contributed by atoms with Gasteiger partial charge in [0.25, 0.3) is 0 Å². The fourth-order valence-corrected chi connectivity index (χ4v) is 26.5. The Balaban J connectivity index is 0.000000102. The zero-order chi connectivity index (χ0) is 83.1. The number of benzene rings is 18. The first-order valence-corrected chi connectivity index (χ1v) is 46.2. The highest BCUT2D eigenvalue weighted by molar-refractivity contribution is 7.27. The predicted molar refractivity (Wildman–Crippen MR) is 536 cm³/mol. The Hall–Kier alpha value is -14.2. The van der Waals surface area contributed by atoms with Gasteiger partial charge < -0.3 is 18.3 Å². The van der Waals surface area contributed by atoms with Gasteiger partial charge in [0.05, 0.1) is 44.1 Å². The van der Waals surface area contributed by atoms with Gasteiger partial charge in [-0.3, -0.25) is 0 Å². The highest BCUT2D eigenvalue weighted by Gasteiger charge is 2.41. The lowest BCUT2D eigenvalue weighted by Crippen LogP contribution is -2.74. The molecule has 6 heterocycles. The van der Waals surface area contributed by atoms with E-state index in [1.54, 1.807) is 0 Å². The van der Waals surface area contributed by atoms with Crippen molar-refractivity contribution in [1.29, 1.82) is 0 Å². The molecular formula is C116H90N4S2Si. The molecule has 0 radical (unpaired) electrons. The molecule has 0 N–H and O–H groups in total. The quantitative estimate of drug-likeness (QED) is 0.101. The number of aryl methyl sites for hydroxylation is 8. The van der Waals surface area contributed by atoms with E-state index in [0.717, 1.165) is 0 Å². The van der Waals surface area contributed by atoms with Gasteiger partial charge in [-0.2, -0.15) is 0 Å². The van der Waals surface area contributed by atoms with Gasteiger partial charge in [-0.25, -0.2) is 0 Å². The summed E-state index contributed by atoms with van der Waals surface area (Å²) in [6.07, 6.45) is 0. The summed E-state index contributed by atoms with van der Waals surface area (Å²) >= 11 is 3.83. The molecule has 0 aliphatic heterocycles. The second-order valence-corrected chi connectivity index (χ2v) is 39.2. The molecule has 0 amide bonds. The highest BCUT2D eigenvalue weighted by atomic mass is 32.1. The first-order chi connectivity index (χ1) is 60.3. The number of rotatable bonds is 9. The smallest absolute Gasteiger partial charge is 0.179 e. The lowest BCUT2D eigenvalue weighted by molar-refractivity contribution is 1.18. The van der Waals surface area contributed by atoms with Crippen molar-refractivity contribution >= 4 is 179 Å². The maximum Gasteiger partial charge on any atom is 0.179 e. The van der Waals surface area contributed by atoms with Crippen LogP contribution in [0.25, 0.3) is 161 Å². The molecule has 0 aliphatic carbocycles. The summed E-state index contributed by atoms with van der Waals surface area (Å²) in [5.74, 6) is 0. The number of hydrogen-bond acceptors (Lipinski definition) is 2. The highest BCUT2D eigenvalue weighted by Crippen LogP contribution is 2.47. The zero-order valence-corrected chi connectivity index (χ0v) is 72.8. The Labute approximate surface area is 726 Å². The first-order valence-electron chi connectivity index (χ1n) is 42.6. The molecule has 0 aliphatic rings. The van der Waals surface area contributed by atoms with Gasteiger partial charge in [0, 0.05) is 106 Å². The third-order valence-corrected chi connectivity index (χ3v) is 32.3. The molecule has 24 aromatic rings. The van der Waals surface area contributed by atoms with Crippen LogP contribution < -0.4 is 20.7 Å². The van der Waals surface area contributed by atoms with E-state index in [0.29, 0.717) is 0 Å². The molecule has 4 nitrogen and oxygen atoms in total. The number of hydrogen-bond donors (Lipinski definition) is 0. The average Bonchev–Trinajstić information content (AvgIpc) is 1.60. The second kappa shape index (κ2) is 31.4. The predicted octanol–water partition coefficient (Wildman–Crippen LogP) is 29.4. The maximum atomic E-state index is 2.41. The van der Waals surface area contributed by atoms with Crippen molar-refractivity contribution in [3.63, 3.8) is 0 Å². The molecule has 0 spiro atoms. The lowest BCUT2D eigenvalue weighted by Gasteiger charge is -2.34. The van der Waals surface area contributed by atoms with E-state index in [9.17, 15) is 0 Å². The van der Waals surface area contributed by atoms with Crippen LogP contribution in [-0.4, -0.2) is 26.3 Å². The first kappa shape index (κ1) is 76.2. The van der Waals surface area contributed by atoms with E-state index in [1.165, 1.54) is 227 Å². The van der Waals surface area contributed by atoms with Crippen LogP contribution in [0.3, 0.4) is 0 Å². The number of nitrogens with zero attached hydrogens (tertiary/aromatic N) is 4. The largest absolute Gasteiger partial charge is 0.309 e. The Morgan fingerprint density at radius 2 is 0.537 bits per heavy atom. The van der Waals surface area contributed by atoms with Crippen LogP contribution in [0, 0.1) is 55.4 Å². The topological polar surface area (TPSA) is 19.7 Å². The normalized spacial score (nSPS) is 11.7. The molecular weight excluding hydrogens is 1540 g/mol. The maximum absolute atomic E-state index is 2.41. The Morgan fingerprint density at radius 1 is 0.187 bits per heavy atom. The van der Waals surface area contributed by atoms with Crippen molar-refractivity contribution in [3.05, 3.63) is 445 Å². The van der Waals surface area contributed by atoms with Crippen LogP contribution in [-0.2, 0) is 0 Å². The van der Waals surface area contributed by atoms with Crippen molar-refractivity contribution in [3.8, 4) is 33.9 Å². The number of aromatic nitrogens is 4. The second-order valence-electron chi connectivity index (χ2n) is 33.3. The van der Waals surface area contributed by atoms with Crippen LogP contribution >= 0.6 is 22.7 Å². The van der Waals surface area contributed by atoms with Crippen molar-refractivity contribution in [1.82, 2.24) is 18.3 Å². The van der Waals surface area contributed by atoms with Gasteiger partial charge in [0.2, 0.25) is 0 Å². The standard InChI is InChI=1S/C38H28N2.2C26H19NS.C26H24Si/c1-25-14-19-35-33(21-25)32-18-15-28(24-38(32)40(35)30-11-7-4-8-12-30)27-16-20-36-34(23-27)31-17-13-26(2)22-37(31)39(36)29-9-5-3-6-10-29;1-16-11-12-19-22(15-16)27(18-8-4-3-5-9-18)21-13-14-23-25(24(19)21)20-10-6-7-17(2)26(20)28-23;1-16-9-11-21-23(14-16)27(18-6-4-3-5-7-18)22-13-12-20-19-10-8-17(2)15-24(19)28-26(20)25(21)22;1-21-13-17-25(18-14-21)27(23-9-5-3-6-10-23,24-11-7-4-8-12-24)26-19-15-22(2)16-20-26/h3-24H,1-2H3;2*3-15H,1-2H3;3-20H,1-2H3.